The van der Waals surface area contributed by atoms with Gasteiger partial charge in [-0.1, -0.05) is 48.0 Å². The molecule has 1 aliphatic heterocycles. The van der Waals surface area contributed by atoms with Crippen LogP contribution in [-0.2, 0) is 11.3 Å². The van der Waals surface area contributed by atoms with Crippen LogP contribution in [-0.4, -0.2) is 18.0 Å². The third-order valence-corrected chi connectivity index (χ3v) is 4.81. The third kappa shape index (κ3) is 2.93. The molecular formula is C22H15ClN2O2. The second kappa shape index (κ2) is 6.65. The van der Waals surface area contributed by atoms with E-state index in [0.717, 1.165) is 44.4 Å². The van der Waals surface area contributed by atoms with Gasteiger partial charge in [0.15, 0.2) is 6.79 Å². The minimum absolute atomic E-state index is 0.233. The number of benzene rings is 3. The molecule has 3 aromatic carbocycles. The summed E-state index contributed by atoms with van der Waals surface area (Å²) in [6.07, 6.45) is 1.81. The van der Waals surface area contributed by atoms with Gasteiger partial charge in [-0.2, -0.15) is 0 Å². The Morgan fingerprint density at radius 1 is 0.963 bits per heavy atom. The number of fused-ring (bicyclic) bond motifs is 3. The second-order valence-corrected chi connectivity index (χ2v) is 6.78. The molecule has 0 unspecified atom stereocenters. The topological polar surface area (TPSA) is 43.7 Å². The Hall–Kier alpha value is -2.95. The lowest BCUT2D eigenvalue weighted by atomic mass is 10.1. The van der Waals surface area contributed by atoms with E-state index in [4.69, 9.17) is 31.1 Å². The molecule has 4 aromatic rings. The number of pyridine rings is 1. The van der Waals surface area contributed by atoms with Crippen LogP contribution in [0.5, 0.6) is 5.75 Å². The summed E-state index contributed by atoms with van der Waals surface area (Å²) in [6, 6.07) is 19.8. The van der Waals surface area contributed by atoms with E-state index in [1.54, 1.807) is 0 Å². The minimum Gasteiger partial charge on any atom is -0.466 e. The van der Waals surface area contributed by atoms with Crippen molar-refractivity contribution >= 4 is 45.3 Å². The van der Waals surface area contributed by atoms with Crippen LogP contribution >= 0.6 is 11.6 Å². The van der Waals surface area contributed by atoms with E-state index in [-0.39, 0.29) is 6.79 Å². The molecule has 0 N–H and O–H groups in total. The zero-order valence-corrected chi connectivity index (χ0v) is 15.1. The van der Waals surface area contributed by atoms with Crippen LogP contribution in [0.3, 0.4) is 0 Å². The molecule has 0 fully saturated rings. The number of para-hydroxylation sites is 2. The molecule has 0 saturated carbocycles. The Morgan fingerprint density at radius 3 is 2.41 bits per heavy atom. The third-order valence-electron chi connectivity index (χ3n) is 4.60. The van der Waals surface area contributed by atoms with Crippen LogP contribution in [0.4, 0.5) is 5.69 Å². The average Bonchev–Trinajstić information content (AvgIpc) is 2.70. The highest BCUT2D eigenvalue weighted by Gasteiger charge is 2.16. The summed E-state index contributed by atoms with van der Waals surface area (Å²) in [7, 11) is 0. The largest absolute Gasteiger partial charge is 0.466 e. The van der Waals surface area contributed by atoms with Gasteiger partial charge in [0.25, 0.3) is 0 Å². The number of nitrogens with zero attached hydrogens (tertiary/aromatic N) is 2. The quantitative estimate of drug-likeness (QED) is 0.336. The molecule has 27 heavy (non-hydrogen) atoms. The van der Waals surface area contributed by atoms with E-state index in [9.17, 15) is 0 Å². The van der Waals surface area contributed by atoms with Crippen molar-refractivity contribution in [1.82, 2.24) is 4.98 Å². The molecule has 0 atom stereocenters. The first-order chi connectivity index (χ1) is 13.3. The van der Waals surface area contributed by atoms with Gasteiger partial charge in [0.1, 0.15) is 5.75 Å². The minimum atomic E-state index is 0.233. The standard InChI is InChI=1S/C22H15ClN2O2/c23-16-9-14(22-15(10-16)12-26-13-27-22)11-24-21-17-5-1-3-7-19(17)25-20-8-4-2-6-18(20)21/h1-11H,12-13H2. The lowest BCUT2D eigenvalue weighted by Crippen LogP contribution is -2.13. The van der Waals surface area contributed by atoms with Crippen LogP contribution in [0.2, 0.25) is 5.02 Å². The second-order valence-electron chi connectivity index (χ2n) is 6.35. The number of aromatic nitrogens is 1. The Morgan fingerprint density at radius 2 is 1.67 bits per heavy atom. The summed E-state index contributed by atoms with van der Waals surface area (Å²) in [6.45, 7) is 0.717. The normalized spacial score (nSPS) is 13.8. The van der Waals surface area contributed by atoms with Crippen molar-refractivity contribution in [2.45, 2.75) is 6.61 Å². The monoisotopic (exact) mass is 374 g/mol. The number of halogens is 1. The van der Waals surface area contributed by atoms with Gasteiger partial charge in [-0.3, -0.25) is 4.99 Å². The fourth-order valence-electron chi connectivity index (χ4n) is 3.40. The fraction of sp³-hybridized carbons (Fsp3) is 0.0909. The van der Waals surface area contributed by atoms with Crippen LogP contribution in [0, 0.1) is 0 Å². The predicted octanol–water partition coefficient (Wildman–Crippen LogP) is 5.66. The lowest BCUT2D eigenvalue weighted by Gasteiger charge is -2.19. The predicted molar refractivity (Wildman–Crippen MR) is 108 cm³/mol. The summed E-state index contributed by atoms with van der Waals surface area (Å²) in [5, 5.41) is 2.65. The molecule has 0 aliphatic carbocycles. The van der Waals surface area contributed by atoms with Gasteiger partial charge < -0.3 is 9.47 Å². The van der Waals surface area contributed by atoms with Crippen molar-refractivity contribution in [3.05, 3.63) is 76.8 Å². The highest BCUT2D eigenvalue weighted by Crippen LogP contribution is 2.34. The number of hydrogen-bond acceptors (Lipinski definition) is 4. The summed E-state index contributed by atoms with van der Waals surface area (Å²) >= 11 is 6.27. The highest BCUT2D eigenvalue weighted by molar-refractivity contribution is 6.31. The number of ether oxygens (including phenoxy) is 2. The summed E-state index contributed by atoms with van der Waals surface area (Å²) in [5.41, 5.74) is 4.49. The lowest BCUT2D eigenvalue weighted by molar-refractivity contribution is -0.0164. The van der Waals surface area contributed by atoms with Crippen molar-refractivity contribution in [3.63, 3.8) is 0 Å². The summed E-state index contributed by atoms with van der Waals surface area (Å²) in [4.78, 5) is 9.58. The Kier molecular flexibility index (Phi) is 4.00. The molecule has 4 nitrogen and oxygen atoms in total. The molecule has 0 bridgehead atoms. The average molecular weight is 375 g/mol. The molecule has 132 valence electrons. The van der Waals surface area contributed by atoms with Gasteiger partial charge in [-0.15, -0.1) is 0 Å². The summed E-state index contributed by atoms with van der Waals surface area (Å²) in [5.74, 6) is 0.775. The number of hydrogen-bond donors (Lipinski definition) is 0. The van der Waals surface area contributed by atoms with Gasteiger partial charge in [0.2, 0.25) is 0 Å². The zero-order valence-electron chi connectivity index (χ0n) is 14.4. The number of rotatable bonds is 2. The van der Waals surface area contributed by atoms with Crippen molar-refractivity contribution in [2.24, 2.45) is 4.99 Å². The van der Waals surface area contributed by atoms with E-state index >= 15 is 0 Å². The van der Waals surface area contributed by atoms with Crippen LogP contribution in [0.1, 0.15) is 11.1 Å². The Balaban J connectivity index is 1.72. The fourth-order valence-corrected chi connectivity index (χ4v) is 3.64. The number of aliphatic imine (C=N–C) groups is 1. The maximum atomic E-state index is 6.27. The molecular weight excluding hydrogens is 360 g/mol. The van der Waals surface area contributed by atoms with Crippen molar-refractivity contribution in [2.75, 3.05) is 6.79 Å². The SMILES string of the molecule is Clc1cc(C=Nc2c3ccccc3nc3ccccc23)c2c(c1)COCO2. The van der Waals surface area contributed by atoms with E-state index in [1.165, 1.54) is 0 Å². The first-order valence-corrected chi connectivity index (χ1v) is 9.02. The van der Waals surface area contributed by atoms with E-state index in [0.29, 0.717) is 11.6 Å². The molecule has 1 aromatic heterocycles. The molecule has 0 radical (unpaired) electrons. The molecule has 5 rings (SSSR count). The zero-order chi connectivity index (χ0) is 18.2. The molecule has 0 saturated heterocycles. The van der Waals surface area contributed by atoms with Gasteiger partial charge >= 0.3 is 0 Å². The first-order valence-electron chi connectivity index (χ1n) is 8.64. The maximum absolute atomic E-state index is 6.27. The van der Waals surface area contributed by atoms with Gasteiger partial charge in [-0.05, 0) is 24.3 Å². The first kappa shape index (κ1) is 16.2. The van der Waals surface area contributed by atoms with Crippen LogP contribution in [0.15, 0.2) is 65.7 Å². The van der Waals surface area contributed by atoms with Crippen LogP contribution < -0.4 is 4.74 Å². The highest BCUT2D eigenvalue weighted by atomic mass is 35.5. The smallest absolute Gasteiger partial charge is 0.189 e. The van der Waals surface area contributed by atoms with E-state index in [2.05, 4.69) is 0 Å². The Labute approximate surface area is 161 Å². The van der Waals surface area contributed by atoms with Gasteiger partial charge in [0, 0.05) is 33.1 Å². The van der Waals surface area contributed by atoms with Crippen LogP contribution in [0.25, 0.3) is 21.8 Å². The summed E-state index contributed by atoms with van der Waals surface area (Å²) < 4.78 is 11.0. The van der Waals surface area contributed by atoms with Crippen molar-refractivity contribution in [1.29, 1.82) is 0 Å². The van der Waals surface area contributed by atoms with Gasteiger partial charge in [-0.25, -0.2) is 4.98 Å². The Bertz CT molecular complexity index is 1150. The molecule has 0 amide bonds. The molecule has 1 aliphatic rings. The van der Waals surface area contributed by atoms with Crippen molar-refractivity contribution in [3.8, 4) is 5.75 Å². The molecule has 2 heterocycles. The molecule has 0 spiro atoms. The van der Waals surface area contributed by atoms with E-state index < -0.39 is 0 Å². The van der Waals surface area contributed by atoms with Crippen molar-refractivity contribution < 1.29 is 9.47 Å². The van der Waals surface area contributed by atoms with E-state index in [1.807, 2.05) is 66.9 Å². The maximum Gasteiger partial charge on any atom is 0.189 e. The van der Waals surface area contributed by atoms with Gasteiger partial charge in [0.05, 0.1) is 23.3 Å². The molecule has 5 heteroatoms.